The summed E-state index contributed by atoms with van der Waals surface area (Å²) in [7, 11) is 0. The normalized spacial score (nSPS) is 24.3. The van der Waals surface area contributed by atoms with E-state index in [-0.39, 0.29) is 11.9 Å². The van der Waals surface area contributed by atoms with Crippen LogP contribution in [0.25, 0.3) is 0 Å². The Morgan fingerprint density at radius 2 is 1.83 bits per heavy atom. The number of rotatable bonds is 2. The number of carbonyl (C=O) groups is 1. The van der Waals surface area contributed by atoms with E-state index in [2.05, 4.69) is 19.1 Å². The van der Waals surface area contributed by atoms with Crippen LogP contribution in [0.1, 0.15) is 71.1 Å². The Morgan fingerprint density at radius 3 is 2.61 bits per heavy atom. The molecule has 0 aliphatic carbocycles. The predicted molar refractivity (Wildman–Crippen MR) is 75.4 cm³/mol. The first-order valence-corrected chi connectivity index (χ1v) is 7.66. The van der Waals surface area contributed by atoms with Gasteiger partial charge < -0.3 is 4.74 Å². The summed E-state index contributed by atoms with van der Waals surface area (Å²) < 4.78 is 5.40. The standard InChI is InChI=1S/C16H28O2/c1-2-12-15-13-10-8-6-4-3-5-7-9-11-14-18-16(15)17/h4,6,15H,2-3,5,7-14H2,1H3. The molecule has 18 heavy (non-hydrogen) atoms. The molecule has 1 unspecified atom stereocenters. The minimum atomic E-state index is 0.0397. The fraction of sp³-hybridized carbons (Fsp3) is 0.812. The van der Waals surface area contributed by atoms with Gasteiger partial charge in [0.25, 0.3) is 0 Å². The van der Waals surface area contributed by atoms with Gasteiger partial charge in [0.2, 0.25) is 0 Å². The van der Waals surface area contributed by atoms with Crippen molar-refractivity contribution in [2.75, 3.05) is 6.61 Å². The minimum Gasteiger partial charge on any atom is -0.465 e. The lowest BCUT2D eigenvalue weighted by atomic mass is 9.97. The van der Waals surface area contributed by atoms with Crippen LogP contribution in [-0.2, 0) is 9.53 Å². The molecule has 0 saturated heterocycles. The van der Waals surface area contributed by atoms with Gasteiger partial charge >= 0.3 is 5.97 Å². The van der Waals surface area contributed by atoms with Gasteiger partial charge in [-0.2, -0.15) is 0 Å². The molecule has 1 atom stereocenters. The highest BCUT2D eigenvalue weighted by molar-refractivity contribution is 5.72. The van der Waals surface area contributed by atoms with Crippen molar-refractivity contribution in [2.24, 2.45) is 5.92 Å². The maximum atomic E-state index is 11.9. The number of ether oxygens (including phenoxy) is 1. The van der Waals surface area contributed by atoms with E-state index in [4.69, 9.17) is 4.74 Å². The van der Waals surface area contributed by atoms with Gasteiger partial charge in [0.15, 0.2) is 0 Å². The van der Waals surface area contributed by atoms with E-state index in [1.807, 2.05) is 0 Å². The molecule has 0 spiro atoms. The largest absolute Gasteiger partial charge is 0.465 e. The molecule has 1 rings (SSSR count). The fourth-order valence-corrected chi connectivity index (χ4v) is 2.45. The second-order valence-electron chi connectivity index (χ2n) is 5.26. The van der Waals surface area contributed by atoms with Gasteiger partial charge in [0.05, 0.1) is 12.5 Å². The summed E-state index contributed by atoms with van der Waals surface area (Å²) in [4.78, 5) is 11.9. The molecule has 2 nitrogen and oxygen atoms in total. The topological polar surface area (TPSA) is 26.3 Å². The zero-order valence-electron chi connectivity index (χ0n) is 11.8. The van der Waals surface area contributed by atoms with Crippen molar-refractivity contribution in [1.29, 1.82) is 0 Å². The number of carbonyl (C=O) groups excluding carboxylic acids is 1. The van der Waals surface area contributed by atoms with Gasteiger partial charge in [-0.1, -0.05) is 38.3 Å². The van der Waals surface area contributed by atoms with Crippen molar-refractivity contribution in [3.8, 4) is 0 Å². The lowest BCUT2D eigenvalue weighted by molar-refractivity contribution is -0.149. The molecule has 0 radical (unpaired) electrons. The first kappa shape index (κ1) is 15.3. The number of allylic oxidation sites excluding steroid dienone is 2. The number of esters is 1. The van der Waals surface area contributed by atoms with Crippen LogP contribution in [0.15, 0.2) is 12.2 Å². The molecule has 1 heterocycles. The second kappa shape index (κ2) is 10.2. The van der Waals surface area contributed by atoms with Crippen LogP contribution in [0.4, 0.5) is 0 Å². The summed E-state index contributed by atoms with van der Waals surface area (Å²) in [6.45, 7) is 2.76. The molecule has 0 aromatic rings. The van der Waals surface area contributed by atoms with Crippen molar-refractivity contribution in [1.82, 2.24) is 0 Å². The van der Waals surface area contributed by atoms with Crippen molar-refractivity contribution >= 4 is 5.97 Å². The fourth-order valence-electron chi connectivity index (χ4n) is 2.45. The third-order valence-electron chi connectivity index (χ3n) is 3.57. The van der Waals surface area contributed by atoms with Crippen LogP contribution in [-0.4, -0.2) is 12.6 Å². The van der Waals surface area contributed by atoms with Gasteiger partial charge in [-0.3, -0.25) is 4.79 Å². The van der Waals surface area contributed by atoms with Crippen molar-refractivity contribution in [3.05, 3.63) is 12.2 Å². The number of hydrogen-bond donors (Lipinski definition) is 0. The van der Waals surface area contributed by atoms with E-state index >= 15 is 0 Å². The Bertz CT molecular complexity index is 245. The minimum absolute atomic E-state index is 0.0397. The summed E-state index contributed by atoms with van der Waals surface area (Å²) in [5.41, 5.74) is 0. The van der Waals surface area contributed by atoms with Crippen molar-refractivity contribution < 1.29 is 9.53 Å². The molecule has 104 valence electrons. The molecular formula is C16H28O2. The van der Waals surface area contributed by atoms with Crippen LogP contribution in [0.3, 0.4) is 0 Å². The molecule has 0 fully saturated rings. The van der Waals surface area contributed by atoms with Crippen LogP contribution in [0.5, 0.6) is 0 Å². The Hall–Kier alpha value is -0.790. The molecule has 2 heteroatoms. The maximum absolute atomic E-state index is 11.9. The molecule has 0 aromatic carbocycles. The molecule has 1 aliphatic heterocycles. The van der Waals surface area contributed by atoms with E-state index in [1.54, 1.807) is 0 Å². The number of hydrogen-bond acceptors (Lipinski definition) is 2. The Balaban J connectivity index is 2.42. The lowest BCUT2D eigenvalue weighted by Crippen LogP contribution is -2.18. The zero-order valence-corrected chi connectivity index (χ0v) is 11.8. The van der Waals surface area contributed by atoms with Gasteiger partial charge in [-0.05, 0) is 44.9 Å². The highest BCUT2D eigenvalue weighted by atomic mass is 16.5. The monoisotopic (exact) mass is 252 g/mol. The van der Waals surface area contributed by atoms with E-state index in [9.17, 15) is 4.79 Å². The third kappa shape index (κ3) is 6.83. The Kier molecular flexibility index (Phi) is 8.62. The zero-order chi connectivity index (χ0) is 13.1. The Labute approximate surface area is 112 Å². The molecule has 0 bridgehead atoms. The summed E-state index contributed by atoms with van der Waals surface area (Å²) in [6.07, 6.45) is 15.7. The highest BCUT2D eigenvalue weighted by Gasteiger charge is 2.18. The smallest absolute Gasteiger partial charge is 0.308 e. The lowest BCUT2D eigenvalue weighted by Gasteiger charge is -2.15. The molecular weight excluding hydrogens is 224 g/mol. The van der Waals surface area contributed by atoms with Crippen LogP contribution in [0.2, 0.25) is 0 Å². The van der Waals surface area contributed by atoms with E-state index < -0.39 is 0 Å². The maximum Gasteiger partial charge on any atom is 0.308 e. The summed E-state index contributed by atoms with van der Waals surface area (Å²) in [5.74, 6) is 0.171. The average molecular weight is 252 g/mol. The molecule has 0 aromatic heterocycles. The third-order valence-corrected chi connectivity index (χ3v) is 3.57. The van der Waals surface area contributed by atoms with E-state index in [0.717, 1.165) is 38.5 Å². The molecule has 0 N–H and O–H groups in total. The van der Waals surface area contributed by atoms with E-state index in [0.29, 0.717) is 6.61 Å². The van der Waals surface area contributed by atoms with Crippen molar-refractivity contribution in [3.63, 3.8) is 0 Å². The molecule has 0 amide bonds. The van der Waals surface area contributed by atoms with Crippen molar-refractivity contribution in [2.45, 2.75) is 71.1 Å². The van der Waals surface area contributed by atoms with Crippen LogP contribution >= 0.6 is 0 Å². The second-order valence-corrected chi connectivity index (χ2v) is 5.26. The first-order valence-electron chi connectivity index (χ1n) is 7.66. The quantitative estimate of drug-likeness (QED) is 0.529. The van der Waals surface area contributed by atoms with E-state index in [1.165, 1.54) is 25.7 Å². The highest BCUT2D eigenvalue weighted by Crippen LogP contribution is 2.18. The van der Waals surface area contributed by atoms with Gasteiger partial charge in [0, 0.05) is 0 Å². The SMILES string of the molecule is CCCC1CCCC=CCCCCCCOC1=O. The van der Waals surface area contributed by atoms with Gasteiger partial charge in [0.1, 0.15) is 0 Å². The van der Waals surface area contributed by atoms with Crippen LogP contribution in [0, 0.1) is 5.92 Å². The van der Waals surface area contributed by atoms with Gasteiger partial charge in [-0.15, -0.1) is 0 Å². The molecule has 0 saturated carbocycles. The summed E-state index contributed by atoms with van der Waals surface area (Å²) in [5, 5.41) is 0. The average Bonchev–Trinajstić information content (AvgIpc) is 2.37. The first-order chi connectivity index (χ1) is 8.84. The Morgan fingerprint density at radius 1 is 1.11 bits per heavy atom. The predicted octanol–water partition coefficient (Wildman–Crippen LogP) is 4.64. The van der Waals surface area contributed by atoms with Crippen LogP contribution < -0.4 is 0 Å². The number of cyclic esters (lactones) is 1. The molecule has 1 aliphatic rings. The summed E-state index contributed by atoms with van der Waals surface area (Å²) in [6, 6.07) is 0. The summed E-state index contributed by atoms with van der Waals surface area (Å²) >= 11 is 0. The van der Waals surface area contributed by atoms with Gasteiger partial charge in [-0.25, -0.2) is 0 Å².